The van der Waals surface area contributed by atoms with E-state index >= 15 is 0 Å². The van der Waals surface area contributed by atoms with Crippen LogP contribution in [0.25, 0.3) is 11.0 Å². The Morgan fingerprint density at radius 3 is 2.47 bits per heavy atom. The lowest BCUT2D eigenvalue weighted by Crippen LogP contribution is -2.37. The van der Waals surface area contributed by atoms with Crippen LogP contribution in [0.15, 0.2) is 59.0 Å². The van der Waals surface area contributed by atoms with E-state index in [1.54, 1.807) is 18.1 Å². The van der Waals surface area contributed by atoms with Gasteiger partial charge in [-0.3, -0.25) is 9.59 Å². The average molecular weight is 406 g/mol. The van der Waals surface area contributed by atoms with E-state index in [2.05, 4.69) is 0 Å². The number of nitrogens with zero attached hydrogens (tertiary/aromatic N) is 2. The number of carbonyl (C=O) groups excluding carboxylic acids is 2. The summed E-state index contributed by atoms with van der Waals surface area (Å²) in [5.74, 6) is 1.19. The molecule has 0 saturated carbocycles. The van der Waals surface area contributed by atoms with Crippen molar-refractivity contribution < 1.29 is 18.7 Å². The standard InChI is InChI=1S/C24H26N2O4/c1-29-20-10-7-18(8-11-20)9-12-23(27)25-13-4-14-26(16-15-25)24(28)22-17-19-5-2-3-6-21(19)30-22/h2-3,5-8,10-11,17H,4,9,12-16H2,1H3. The van der Waals surface area contributed by atoms with Crippen molar-refractivity contribution in [3.8, 4) is 5.75 Å². The second-order valence-corrected chi connectivity index (χ2v) is 7.52. The minimum atomic E-state index is -0.112. The summed E-state index contributed by atoms with van der Waals surface area (Å²) in [7, 11) is 1.64. The number of benzene rings is 2. The Morgan fingerprint density at radius 1 is 0.967 bits per heavy atom. The van der Waals surface area contributed by atoms with Gasteiger partial charge >= 0.3 is 0 Å². The van der Waals surface area contributed by atoms with Crippen molar-refractivity contribution >= 4 is 22.8 Å². The van der Waals surface area contributed by atoms with Gasteiger partial charge in [0.05, 0.1) is 7.11 Å². The SMILES string of the molecule is COc1ccc(CCC(=O)N2CCCN(C(=O)c3cc4ccccc4o3)CC2)cc1. The average Bonchev–Trinajstić information content (AvgIpc) is 3.07. The first-order valence-electron chi connectivity index (χ1n) is 10.3. The molecule has 0 bridgehead atoms. The van der Waals surface area contributed by atoms with Crippen molar-refractivity contribution in [2.75, 3.05) is 33.3 Å². The molecule has 6 heteroatoms. The zero-order chi connectivity index (χ0) is 20.9. The highest BCUT2D eigenvalue weighted by molar-refractivity contribution is 5.96. The fourth-order valence-electron chi connectivity index (χ4n) is 3.81. The van der Waals surface area contributed by atoms with Crippen LogP contribution in [-0.4, -0.2) is 54.9 Å². The Kier molecular flexibility index (Phi) is 6.02. The van der Waals surface area contributed by atoms with Crippen molar-refractivity contribution in [3.63, 3.8) is 0 Å². The summed E-state index contributed by atoms with van der Waals surface area (Å²) in [6, 6.07) is 17.2. The molecule has 1 fully saturated rings. The highest BCUT2D eigenvalue weighted by Crippen LogP contribution is 2.21. The molecule has 1 aliphatic heterocycles. The van der Waals surface area contributed by atoms with Gasteiger partial charge in [-0.1, -0.05) is 30.3 Å². The van der Waals surface area contributed by atoms with Gasteiger partial charge in [0.2, 0.25) is 5.91 Å². The van der Waals surface area contributed by atoms with Crippen molar-refractivity contribution in [3.05, 3.63) is 65.9 Å². The van der Waals surface area contributed by atoms with Crippen LogP contribution < -0.4 is 4.74 Å². The summed E-state index contributed by atoms with van der Waals surface area (Å²) in [6.07, 6.45) is 1.92. The second kappa shape index (κ2) is 9.03. The lowest BCUT2D eigenvalue weighted by Gasteiger charge is -2.21. The summed E-state index contributed by atoms with van der Waals surface area (Å²) in [4.78, 5) is 29.2. The monoisotopic (exact) mass is 406 g/mol. The number of ether oxygens (including phenoxy) is 1. The fourth-order valence-corrected chi connectivity index (χ4v) is 3.81. The number of carbonyl (C=O) groups is 2. The maximum absolute atomic E-state index is 12.9. The third-order valence-electron chi connectivity index (χ3n) is 5.56. The Bertz CT molecular complexity index is 992. The molecule has 1 saturated heterocycles. The van der Waals surface area contributed by atoms with Gasteiger partial charge in [-0.05, 0) is 42.7 Å². The zero-order valence-corrected chi connectivity index (χ0v) is 17.2. The van der Waals surface area contributed by atoms with Crippen molar-refractivity contribution in [2.45, 2.75) is 19.3 Å². The first-order chi connectivity index (χ1) is 14.6. The third-order valence-corrected chi connectivity index (χ3v) is 5.56. The smallest absolute Gasteiger partial charge is 0.289 e. The number of amides is 2. The highest BCUT2D eigenvalue weighted by Gasteiger charge is 2.24. The zero-order valence-electron chi connectivity index (χ0n) is 17.2. The molecule has 0 aliphatic carbocycles. The van der Waals surface area contributed by atoms with Gasteiger partial charge in [-0.15, -0.1) is 0 Å². The number of furan rings is 1. The first-order valence-corrected chi connectivity index (χ1v) is 10.3. The molecule has 0 atom stereocenters. The summed E-state index contributed by atoms with van der Waals surface area (Å²) >= 11 is 0. The van der Waals surface area contributed by atoms with Crippen LogP contribution in [0, 0.1) is 0 Å². The van der Waals surface area contributed by atoms with Crippen molar-refractivity contribution in [1.82, 2.24) is 9.80 Å². The second-order valence-electron chi connectivity index (χ2n) is 7.52. The normalized spacial score (nSPS) is 14.6. The van der Waals surface area contributed by atoms with Gasteiger partial charge in [0.15, 0.2) is 5.76 Å². The number of aryl methyl sites for hydroxylation is 1. The molecule has 2 heterocycles. The van der Waals surface area contributed by atoms with E-state index in [1.807, 2.05) is 53.4 Å². The highest BCUT2D eigenvalue weighted by atomic mass is 16.5. The fraction of sp³-hybridized carbons (Fsp3) is 0.333. The van der Waals surface area contributed by atoms with Crippen LogP contribution in [0.3, 0.4) is 0 Å². The molecule has 0 unspecified atom stereocenters. The predicted molar refractivity (Wildman–Crippen MR) is 115 cm³/mol. The minimum Gasteiger partial charge on any atom is -0.497 e. The molecule has 4 rings (SSSR count). The summed E-state index contributed by atoms with van der Waals surface area (Å²) < 4.78 is 10.9. The predicted octanol–water partition coefficient (Wildman–Crippen LogP) is 3.75. The molecule has 2 amide bonds. The Labute approximate surface area is 176 Å². The number of hydrogen-bond acceptors (Lipinski definition) is 4. The summed E-state index contributed by atoms with van der Waals surface area (Å²) in [5.41, 5.74) is 1.83. The Balaban J connectivity index is 1.32. The Morgan fingerprint density at radius 2 is 1.70 bits per heavy atom. The quantitative estimate of drug-likeness (QED) is 0.647. The molecule has 1 aromatic heterocycles. The number of para-hydroxylation sites is 1. The third kappa shape index (κ3) is 4.48. The van der Waals surface area contributed by atoms with Crippen LogP contribution in [0.1, 0.15) is 29.0 Å². The molecule has 0 N–H and O–H groups in total. The number of rotatable bonds is 5. The molecule has 0 spiro atoms. The minimum absolute atomic E-state index is 0.112. The number of methoxy groups -OCH3 is 1. The molecule has 6 nitrogen and oxygen atoms in total. The van der Waals surface area contributed by atoms with Gasteiger partial charge in [-0.25, -0.2) is 0 Å². The molecule has 0 radical (unpaired) electrons. The van der Waals surface area contributed by atoms with Crippen LogP contribution >= 0.6 is 0 Å². The topological polar surface area (TPSA) is 63.0 Å². The van der Waals surface area contributed by atoms with Gasteiger partial charge < -0.3 is 19.0 Å². The van der Waals surface area contributed by atoms with Crippen LogP contribution in [0.2, 0.25) is 0 Å². The first kappa shape index (κ1) is 20.0. The molecular weight excluding hydrogens is 380 g/mol. The summed E-state index contributed by atoms with van der Waals surface area (Å²) in [5, 5.41) is 0.922. The van der Waals surface area contributed by atoms with Gasteiger partial charge in [-0.2, -0.15) is 0 Å². The van der Waals surface area contributed by atoms with E-state index in [-0.39, 0.29) is 11.8 Å². The number of hydrogen-bond donors (Lipinski definition) is 0. The maximum atomic E-state index is 12.9. The van der Waals surface area contributed by atoms with Gasteiger partial charge in [0, 0.05) is 38.0 Å². The van der Waals surface area contributed by atoms with E-state index in [1.165, 1.54) is 0 Å². The largest absolute Gasteiger partial charge is 0.497 e. The lowest BCUT2D eigenvalue weighted by molar-refractivity contribution is -0.131. The molecule has 30 heavy (non-hydrogen) atoms. The van der Waals surface area contributed by atoms with Gasteiger partial charge in [0.1, 0.15) is 11.3 Å². The van der Waals surface area contributed by atoms with E-state index < -0.39 is 0 Å². The lowest BCUT2D eigenvalue weighted by atomic mass is 10.1. The van der Waals surface area contributed by atoms with Crippen molar-refractivity contribution in [1.29, 1.82) is 0 Å². The van der Waals surface area contributed by atoms with E-state index in [4.69, 9.17) is 9.15 Å². The van der Waals surface area contributed by atoms with E-state index in [0.717, 1.165) is 23.1 Å². The van der Waals surface area contributed by atoms with Crippen LogP contribution in [-0.2, 0) is 11.2 Å². The summed E-state index contributed by atoms with van der Waals surface area (Å²) in [6.45, 7) is 2.36. The van der Waals surface area contributed by atoms with E-state index in [0.29, 0.717) is 50.4 Å². The van der Waals surface area contributed by atoms with Crippen molar-refractivity contribution in [2.24, 2.45) is 0 Å². The Hall–Kier alpha value is -3.28. The molecule has 2 aromatic carbocycles. The van der Waals surface area contributed by atoms with E-state index in [9.17, 15) is 9.59 Å². The molecule has 3 aromatic rings. The maximum Gasteiger partial charge on any atom is 0.289 e. The molecule has 156 valence electrons. The number of fused-ring (bicyclic) bond motifs is 1. The van der Waals surface area contributed by atoms with Gasteiger partial charge in [0.25, 0.3) is 5.91 Å². The molecule has 1 aliphatic rings. The van der Waals surface area contributed by atoms with Crippen LogP contribution in [0.5, 0.6) is 5.75 Å². The molecular formula is C24H26N2O4. The van der Waals surface area contributed by atoms with Crippen LogP contribution in [0.4, 0.5) is 0 Å².